The lowest BCUT2D eigenvalue weighted by molar-refractivity contribution is -0.138. The molecule has 1 saturated carbocycles. The van der Waals surface area contributed by atoms with Crippen LogP contribution in [-0.4, -0.2) is 72.1 Å². The van der Waals surface area contributed by atoms with Gasteiger partial charge in [-0.05, 0) is 49.0 Å². The first-order valence-electron chi connectivity index (χ1n) is 14.1. The Kier molecular flexibility index (Phi) is 6.66. The Bertz CT molecular complexity index is 1610. The zero-order valence-electron chi connectivity index (χ0n) is 23.2. The van der Waals surface area contributed by atoms with Crippen LogP contribution in [0.5, 0.6) is 17.2 Å². The highest BCUT2D eigenvalue weighted by atomic mass is 19.4. The predicted molar refractivity (Wildman–Crippen MR) is 149 cm³/mol. The summed E-state index contributed by atoms with van der Waals surface area (Å²) in [4.78, 5) is 33.1. The van der Waals surface area contributed by atoms with Crippen molar-refractivity contribution < 1.29 is 32.2 Å². The molecule has 0 unspecified atom stereocenters. The number of rotatable bonds is 6. The van der Waals surface area contributed by atoms with E-state index in [4.69, 9.17) is 9.47 Å². The first-order valence-corrected chi connectivity index (χ1v) is 14.1. The van der Waals surface area contributed by atoms with E-state index in [9.17, 15) is 22.8 Å². The van der Waals surface area contributed by atoms with E-state index in [2.05, 4.69) is 25.8 Å². The number of urea groups is 1. The monoisotopic (exact) mass is 594 g/mol. The molecule has 0 radical (unpaired) electrons. The third-order valence-electron chi connectivity index (χ3n) is 8.42. The molecule has 1 aliphatic carbocycles. The van der Waals surface area contributed by atoms with Crippen molar-refractivity contribution in [1.82, 2.24) is 25.4 Å². The second kappa shape index (κ2) is 10.4. The fourth-order valence-electron chi connectivity index (χ4n) is 5.97. The Balaban J connectivity index is 1.04. The number of aromatic nitrogens is 1. The van der Waals surface area contributed by atoms with Gasteiger partial charge in [-0.1, -0.05) is 6.07 Å². The molecule has 1 saturated heterocycles. The molecule has 1 aromatic heterocycles. The summed E-state index contributed by atoms with van der Waals surface area (Å²) in [6.07, 6.45) is -3.34. The second-order valence-corrected chi connectivity index (χ2v) is 11.3. The molecule has 3 N–H and O–H groups in total. The largest absolute Gasteiger partial charge is 0.487 e. The van der Waals surface area contributed by atoms with Crippen molar-refractivity contribution in [3.63, 3.8) is 0 Å². The van der Waals surface area contributed by atoms with Crippen LogP contribution in [0, 0.1) is 0 Å². The topological polar surface area (TPSA) is 108 Å². The van der Waals surface area contributed by atoms with Gasteiger partial charge in [0.25, 0.3) is 5.91 Å². The molecule has 2 aromatic carbocycles. The molecule has 224 valence electrons. The van der Waals surface area contributed by atoms with Crippen molar-refractivity contribution in [3.05, 3.63) is 76.5 Å². The number of carbonyl (C=O) groups excluding carboxylic acids is 2. The Morgan fingerprint density at radius 1 is 1.14 bits per heavy atom. The number of carbonyl (C=O) groups is 2. The van der Waals surface area contributed by atoms with Crippen molar-refractivity contribution in [2.24, 2.45) is 0 Å². The summed E-state index contributed by atoms with van der Waals surface area (Å²) in [5.74, 6) is 1.45. The number of anilines is 1. The summed E-state index contributed by atoms with van der Waals surface area (Å²) in [5.41, 5.74) is 0.892. The Morgan fingerprint density at radius 2 is 1.95 bits per heavy atom. The Labute approximate surface area is 245 Å². The van der Waals surface area contributed by atoms with Gasteiger partial charge in [-0.3, -0.25) is 15.0 Å². The van der Waals surface area contributed by atoms with Crippen LogP contribution in [0.3, 0.4) is 0 Å². The fraction of sp³-hybridized carbons (Fsp3) is 0.367. The molecule has 43 heavy (non-hydrogen) atoms. The molecular formula is C30H29F3N6O4. The van der Waals surface area contributed by atoms with E-state index in [-0.39, 0.29) is 48.3 Å². The van der Waals surface area contributed by atoms with Gasteiger partial charge in [-0.15, -0.1) is 0 Å². The number of hydrogen-bond acceptors (Lipinski definition) is 7. The molecule has 0 spiro atoms. The number of amides is 3. The number of ether oxygens (including phenoxy) is 2. The zero-order valence-corrected chi connectivity index (χ0v) is 23.2. The number of pyridine rings is 1. The summed E-state index contributed by atoms with van der Waals surface area (Å²) < 4.78 is 54.2. The maximum Gasteiger partial charge on any atom is 0.416 e. The Hall–Kier alpha value is -4.36. The first kappa shape index (κ1) is 27.5. The van der Waals surface area contributed by atoms with Gasteiger partial charge in [-0.25, -0.2) is 9.78 Å². The number of hydrogen-bond donors (Lipinski definition) is 3. The maximum atomic E-state index is 14.0. The Morgan fingerprint density at radius 3 is 2.74 bits per heavy atom. The number of benzene rings is 2. The SMILES string of the molecule is CN1CCN(Cc2ccc(C(=O)N[C@H]3[C@H]4Oc5ccc(Oc6ccnc7c6CNC(=O)N7)cc5[C@@H]34)cc2C(F)(F)F)CC1. The molecule has 3 aromatic rings. The highest BCUT2D eigenvalue weighted by Gasteiger charge is 2.59. The fourth-order valence-corrected chi connectivity index (χ4v) is 5.97. The van der Waals surface area contributed by atoms with Crippen molar-refractivity contribution in [2.75, 3.05) is 38.5 Å². The number of fused-ring (bicyclic) bond motifs is 4. The summed E-state index contributed by atoms with van der Waals surface area (Å²) in [6.45, 7) is 3.42. The average Bonchev–Trinajstić information content (AvgIpc) is 3.49. The quantitative estimate of drug-likeness (QED) is 0.397. The smallest absolute Gasteiger partial charge is 0.416 e. The molecule has 13 heteroatoms. The minimum absolute atomic E-state index is 0.0418. The predicted octanol–water partition coefficient (Wildman–Crippen LogP) is 3.93. The van der Waals surface area contributed by atoms with Gasteiger partial charge in [0, 0.05) is 50.0 Å². The van der Waals surface area contributed by atoms with Gasteiger partial charge >= 0.3 is 12.2 Å². The van der Waals surface area contributed by atoms with Crippen molar-refractivity contribution in [3.8, 4) is 17.2 Å². The van der Waals surface area contributed by atoms with Crippen LogP contribution in [-0.2, 0) is 19.3 Å². The van der Waals surface area contributed by atoms with E-state index < -0.39 is 17.6 Å². The minimum Gasteiger partial charge on any atom is -0.487 e. The lowest BCUT2D eigenvalue weighted by Crippen LogP contribution is -2.44. The number of piperazine rings is 1. The summed E-state index contributed by atoms with van der Waals surface area (Å²) in [6, 6.07) is 10.2. The highest BCUT2D eigenvalue weighted by molar-refractivity contribution is 5.95. The van der Waals surface area contributed by atoms with Gasteiger partial charge in [0.05, 0.1) is 29.6 Å². The summed E-state index contributed by atoms with van der Waals surface area (Å²) in [7, 11) is 1.99. The zero-order chi connectivity index (χ0) is 29.9. The van der Waals surface area contributed by atoms with Crippen molar-refractivity contribution in [2.45, 2.75) is 37.3 Å². The van der Waals surface area contributed by atoms with Gasteiger partial charge in [-0.2, -0.15) is 13.2 Å². The van der Waals surface area contributed by atoms with Crippen molar-refractivity contribution >= 4 is 17.8 Å². The molecule has 3 amide bonds. The van der Waals surface area contributed by atoms with Gasteiger partial charge in [0.2, 0.25) is 0 Å². The van der Waals surface area contributed by atoms with E-state index in [0.717, 1.165) is 24.7 Å². The van der Waals surface area contributed by atoms with Crippen LogP contribution >= 0.6 is 0 Å². The van der Waals surface area contributed by atoms with E-state index >= 15 is 0 Å². The molecular weight excluding hydrogens is 565 g/mol. The molecule has 2 fully saturated rings. The number of alkyl halides is 3. The lowest BCUT2D eigenvalue weighted by Gasteiger charge is -2.33. The highest BCUT2D eigenvalue weighted by Crippen LogP contribution is 2.54. The molecule has 7 rings (SSSR count). The van der Waals surface area contributed by atoms with Crippen LogP contribution in [0.4, 0.5) is 23.8 Å². The van der Waals surface area contributed by atoms with E-state index in [1.165, 1.54) is 12.1 Å². The molecule has 3 aliphatic heterocycles. The number of likely N-dealkylation sites (N-methyl/N-ethyl adjacent to an activating group) is 1. The van der Waals surface area contributed by atoms with E-state index in [1.807, 2.05) is 18.0 Å². The van der Waals surface area contributed by atoms with E-state index in [1.54, 1.807) is 24.4 Å². The average molecular weight is 595 g/mol. The maximum absolute atomic E-state index is 14.0. The molecule has 0 bridgehead atoms. The van der Waals surface area contributed by atoms with Crippen LogP contribution in [0.2, 0.25) is 0 Å². The first-order chi connectivity index (χ1) is 20.6. The van der Waals surface area contributed by atoms with Gasteiger partial charge in [0.15, 0.2) is 0 Å². The van der Waals surface area contributed by atoms with Crippen LogP contribution in [0.15, 0.2) is 48.7 Å². The summed E-state index contributed by atoms with van der Waals surface area (Å²) >= 11 is 0. The minimum atomic E-state index is -4.58. The normalized spacial score (nSPS) is 22.8. The van der Waals surface area contributed by atoms with E-state index in [0.29, 0.717) is 41.7 Å². The van der Waals surface area contributed by atoms with Crippen LogP contribution < -0.4 is 25.4 Å². The van der Waals surface area contributed by atoms with Crippen LogP contribution in [0.25, 0.3) is 0 Å². The van der Waals surface area contributed by atoms with Crippen LogP contribution in [0.1, 0.15) is 38.5 Å². The summed E-state index contributed by atoms with van der Waals surface area (Å²) in [5, 5.41) is 8.21. The van der Waals surface area contributed by atoms with Crippen molar-refractivity contribution in [1.29, 1.82) is 0 Å². The lowest BCUT2D eigenvalue weighted by atomic mass is 10.0. The van der Waals surface area contributed by atoms with Gasteiger partial charge in [0.1, 0.15) is 29.2 Å². The molecule has 10 nitrogen and oxygen atoms in total. The number of nitrogens with zero attached hydrogens (tertiary/aromatic N) is 3. The standard InChI is InChI=1S/C30H29F3N6O4/c1-38-8-10-39(11-9-38)15-17-3-2-16(12-21(17)30(31,32)33)28(40)36-25-24-19-13-18(4-5-22(19)43-26(24)25)42-23-6-7-34-27-20(23)14-35-29(41)37-27/h2-7,12-13,24-26H,8-11,14-15H2,1H3,(H,36,40)(H2,34,35,37,41)/t24-,25+,26-/m0/s1. The number of halogens is 3. The third-order valence-corrected chi connectivity index (χ3v) is 8.42. The third kappa shape index (κ3) is 5.34. The molecule has 3 atom stereocenters. The molecule has 4 heterocycles. The second-order valence-electron chi connectivity index (χ2n) is 11.3. The molecule has 4 aliphatic rings. The van der Waals surface area contributed by atoms with Gasteiger partial charge < -0.3 is 25.0 Å². The number of nitrogens with one attached hydrogen (secondary N) is 3.